The van der Waals surface area contributed by atoms with E-state index in [4.69, 9.17) is 0 Å². The molecule has 1 unspecified atom stereocenters. The van der Waals surface area contributed by atoms with Gasteiger partial charge in [0.25, 0.3) is 0 Å². The molecule has 0 saturated heterocycles. The Morgan fingerprint density at radius 1 is 0.767 bits per heavy atom. The zero-order valence-corrected chi connectivity index (χ0v) is 23.4. The molecule has 0 spiro atoms. The summed E-state index contributed by atoms with van der Waals surface area (Å²) in [5.74, 6) is 3.59. The zero-order valence-electron chi connectivity index (χ0n) is 20.9. The minimum Gasteiger partial charge on any atom is -0.253 e. The molecule has 0 aromatic carbocycles. The summed E-state index contributed by atoms with van der Waals surface area (Å²) in [6.45, 7) is 17.0. The summed E-state index contributed by atoms with van der Waals surface area (Å²) < 4.78 is 61.9. The molecule has 1 aliphatic rings. The lowest BCUT2D eigenvalue weighted by molar-refractivity contribution is 0.307. The second kappa shape index (κ2) is 10.6. The van der Waals surface area contributed by atoms with Crippen LogP contribution in [0, 0.1) is 0 Å². The standard InChI is InChI=1S/C7H15NO2S.C7H17NOS.C5H13NO2S/c1-7(2,3)8-11(9,10)6-4-5-6;1-7(2,3)8(4)10(5,6)9;1-5(2,3)6-9(4,7)8/h6,8H,4-5H2,1-3H3;5H2,1-4,6H3;6H,1-4H3. The number of nitrogens with zero attached hydrogens (tertiary/aromatic N) is 1. The zero-order chi connectivity index (χ0) is 25.0. The third-order valence-corrected chi connectivity index (χ3v) is 8.36. The molecule has 0 bridgehead atoms. The van der Waals surface area contributed by atoms with Gasteiger partial charge in [-0.05, 0) is 88.1 Å². The van der Waals surface area contributed by atoms with E-state index in [0.717, 1.165) is 19.1 Å². The number of rotatable bonds is 4. The van der Waals surface area contributed by atoms with Gasteiger partial charge in [-0.3, -0.25) is 4.21 Å². The first-order chi connectivity index (χ1) is 12.7. The fourth-order valence-corrected chi connectivity index (χ4v) is 6.07. The maximum Gasteiger partial charge on any atom is 0.214 e. The van der Waals surface area contributed by atoms with Gasteiger partial charge in [0, 0.05) is 32.6 Å². The summed E-state index contributed by atoms with van der Waals surface area (Å²) in [5, 5.41) is -0.110. The van der Waals surface area contributed by atoms with E-state index >= 15 is 0 Å². The Balaban J connectivity index is 0. The second-order valence-corrected chi connectivity index (χ2v) is 17.0. The van der Waals surface area contributed by atoms with Crippen molar-refractivity contribution in [2.24, 2.45) is 0 Å². The van der Waals surface area contributed by atoms with Crippen molar-refractivity contribution in [3.63, 3.8) is 0 Å². The van der Waals surface area contributed by atoms with Crippen LogP contribution >= 0.6 is 0 Å². The van der Waals surface area contributed by atoms with Crippen molar-refractivity contribution < 1.29 is 21.0 Å². The van der Waals surface area contributed by atoms with E-state index in [0.29, 0.717) is 0 Å². The summed E-state index contributed by atoms with van der Waals surface area (Å²) in [7, 11) is -6.23. The number of hydrogen-bond donors (Lipinski definition) is 2. The lowest BCUT2D eigenvalue weighted by Crippen LogP contribution is -2.42. The number of nitrogens with one attached hydrogen (secondary N) is 2. The van der Waals surface area contributed by atoms with Gasteiger partial charge in [-0.25, -0.2) is 30.6 Å². The average molecular weight is 492 g/mol. The van der Waals surface area contributed by atoms with E-state index in [1.807, 2.05) is 48.6 Å². The molecule has 0 radical (unpaired) electrons. The molecular weight excluding hydrogens is 446 g/mol. The quantitative estimate of drug-likeness (QED) is 0.585. The van der Waals surface area contributed by atoms with Crippen LogP contribution in [0.1, 0.15) is 75.2 Å². The number of sulfonamides is 2. The van der Waals surface area contributed by atoms with Crippen molar-refractivity contribution in [1.82, 2.24) is 13.7 Å². The Labute approximate surface area is 186 Å². The van der Waals surface area contributed by atoms with Gasteiger partial charge in [0.05, 0.1) is 11.5 Å². The highest BCUT2D eigenvalue weighted by atomic mass is 32.2. The fraction of sp³-hybridized carbons (Fsp3) is 0.947. The lowest BCUT2D eigenvalue weighted by Gasteiger charge is -2.32. The first kappa shape index (κ1) is 32.0. The van der Waals surface area contributed by atoms with Gasteiger partial charge in [0.15, 0.2) is 0 Å². The van der Waals surface area contributed by atoms with Crippen molar-refractivity contribution in [2.45, 2.75) is 97.0 Å². The normalized spacial score (nSPS) is 17.9. The topological polar surface area (TPSA) is 113 Å². The largest absolute Gasteiger partial charge is 0.253 e. The average Bonchev–Trinajstić information content (AvgIpc) is 3.13. The highest BCUT2D eigenvalue weighted by Gasteiger charge is 2.37. The molecule has 8 nitrogen and oxygen atoms in total. The molecule has 0 heterocycles. The third-order valence-electron chi connectivity index (χ3n) is 3.43. The minimum atomic E-state index is -3.03. The van der Waals surface area contributed by atoms with E-state index in [1.54, 1.807) is 31.3 Å². The predicted molar refractivity (Wildman–Crippen MR) is 131 cm³/mol. The Bertz CT molecular complexity index is 839. The molecule has 1 aliphatic carbocycles. The van der Waals surface area contributed by atoms with Crippen LogP contribution in [0.25, 0.3) is 0 Å². The summed E-state index contributed by atoms with van der Waals surface area (Å²) in [4.78, 5) is 0. The van der Waals surface area contributed by atoms with Gasteiger partial charge in [-0.1, -0.05) is 0 Å². The molecule has 0 aliphatic heterocycles. The van der Waals surface area contributed by atoms with Crippen LogP contribution in [0.4, 0.5) is 0 Å². The molecule has 2 N–H and O–H groups in total. The Hall–Kier alpha value is -0.200. The minimum absolute atomic E-state index is 0.0619. The Morgan fingerprint density at radius 2 is 1.10 bits per heavy atom. The third kappa shape index (κ3) is 18.6. The summed E-state index contributed by atoms with van der Waals surface area (Å²) >= 11 is 0. The molecule has 30 heavy (non-hydrogen) atoms. The summed E-state index contributed by atoms with van der Waals surface area (Å²) in [6.07, 6.45) is 4.45. The molecule has 1 fully saturated rings. The second-order valence-electron chi connectivity index (χ2n) is 10.8. The highest BCUT2D eigenvalue weighted by Crippen LogP contribution is 2.28. The molecule has 1 atom stereocenters. The van der Waals surface area contributed by atoms with Gasteiger partial charge >= 0.3 is 0 Å². The maximum absolute atomic E-state index is 11.3. The van der Waals surface area contributed by atoms with Crippen molar-refractivity contribution in [3.8, 4) is 0 Å². The molecular formula is C19H45N3O5S3. The fourth-order valence-electron chi connectivity index (χ4n) is 2.02. The van der Waals surface area contributed by atoms with Gasteiger partial charge < -0.3 is 0 Å². The molecule has 1 rings (SSSR count). The molecule has 0 aromatic heterocycles. The molecule has 0 aromatic rings. The van der Waals surface area contributed by atoms with Crippen LogP contribution in [0.5, 0.6) is 0 Å². The Morgan fingerprint density at radius 3 is 1.20 bits per heavy atom. The van der Waals surface area contributed by atoms with E-state index in [1.165, 1.54) is 0 Å². The first-order valence-electron chi connectivity index (χ1n) is 9.75. The van der Waals surface area contributed by atoms with Gasteiger partial charge in [0.2, 0.25) is 20.0 Å². The van der Waals surface area contributed by atoms with Crippen LogP contribution in [-0.4, -0.2) is 72.6 Å². The van der Waals surface area contributed by atoms with E-state index < -0.39 is 29.8 Å². The van der Waals surface area contributed by atoms with Gasteiger partial charge in [0.1, 0.15) is 0 Å². The van der Waals surface area contributed by atoms with Crippen LogP contribution in [0.2, 0.25) is 0 Å². The van der Waals surface area contributed by atoms with Crippen molar-refractivity contribution >= 4 is 35.6 Å². The van der Waals surface area contributed by atoms with Gasteiger partial charge in [-0.15, -0.1) is 0 Å². The summed E-state index contributed by atoms with van der Waals surface area (Å²) in [5.41, 5.74) is -0.747. The molecule has 0 amide bonds. The molecule has 184 valence electrons. The van der Waals surface area contributed by atoms with Crippen molar-refractivity contribution in [1.29, 1.82) is 0 Å². The van der Waals surface area contributed by atoms with Crippen LogP contribution < -0.4 is 9.44 Å². The van der Waals surface area contributed by atoms with E-state index in [9.17, 15) is 21.0 Å². The smallest absolute Gasteiger partial charge is 0.214 e. The number of hydrogen-bond acceptors (Lipinski definition) is 5. The van der Waals surface area contributed by atoms with E-state index in [2.05, 4.69) is 15.3 Å². The predicted octanol–water partition coefficient (Wildman–Crippen LogP) is 2.18. The Kier molecular flexibility index (Phi) is 11.3. The lowest BCUT2D eigenvalue weighted by atomic mass is 10.1. The SMILES string of the molecule is C=S(C)(=O)N(C)C(C)(C)C.CC(C)(C)NS(=O)(=O)C1CC1.CC(C)(C)NS(C)(=O)=O. The van der Waals surface area contributed by atoms with Crippen molar-refractivity contribution in [3.05, 3.63) is 0 Å². The van der Waals surface area contributed by atoms with Crippen molar-refractivity contribution in [2.75, 3.05) is 19.6 Å². The van der Waals surface area contributed by atoms with Gasteiger partial charge in [-0.2, -0.15) is 0 Å². The van der Waals surface area contributed by atoms with Crippen LogP contribution in [-0.2, 0) is 29.8 Å². The summed E-state index contributed by atoms with van der Waals surface area (Å²) in [6, 6.07) is 0. The monoisotopic (exact) mass is 491 g/mol. The highest BCUT2D eigenvalue weighted by molar-refractivity contribution is 7.97. The van der Waals surface area contributed by atoms with Crippen LogP contribution in [0.15, 0.2) is 0 Å². The molecule has 1 saturated carbocycles. The molecule has 11 heteroatoms. The maximum atomic E-state index is 11.3. The van der Waals surface area contributed by atoms with Crippen LogP contribution in [0.3, 0.4) is 0 Å². The first-order valence-corrected chi connectivity index (χ1v) is 15.3. The van der Waals surface area contributed by atoms with E-state index in [-0.39, 0.29) is 21.9 Å².